The van der Waals surface area contributed by atoms with Crippen molar-refractivity contribution >= 4 is 35.8 Å². The maximum atomic E-state index is 13.3. The van der Waals surface area contributed by atoms with Gasteiger partial charge in [0, 0.05) is 13.1 Å². The van der Waals surface area contributed by atoms with E-state index < -0.39 is 0 Å². The molecule has 2 aromatic rings. The third-order valence-electron chi connectivity index (χ3n) is 4.05. The molecule has 0 spiro atoms. The molecule has 2 rings (SSSR count). The molecule has 29 heavy (non-hydrogen) atoms. The van der Waals surface area contributed by atoms with E-state index in [0.29, 0.717) is 31.2 Å². The second kappa shape index (κ2) is 13.0. The molecule has 0 aliphatic carbocycles. The third-order valence-corrected chi connectivity index (χ3v) is 4.05. The first-order valence-electron chi connectivity index (χ1n) is 9.18. The van der Waals surface area contributed by atoms with E-state index in [1.54, 1.807) is 26.2 Å². The number of benzene rings is 2. The first-order valence-corrected chi connectivity index (χ1v) is 9.18. The Kier molecular flexibility index (Phi) is 11.0. The number of methoxy groups -OCH3 is 1. The molecule has 0 aromatic heterocycles. The number of aliphatic imine (C=N–C) groups is 1. The number of nitrogens with zero attached hydrogens (tertiary/aromatic N) is 1. The average Bonchev–Trinajstić information content (AvgIpc) is 2.71. The maximum absolute atomic E-state index is 13.3. The zero-order valence-electron chi connectivity index (χ0n) is 16.9. The minimum Gasteiger partial charge on any atom is -0.497 e. The first kappa shape index (κ1) is 24.7. The second-order valence-corrected chi connectivity index (χ2v) is 6.26. The van der Waals surface area contributed by atoms with Crippen LogP contribution in [0, 0.1) is 12.7 Å². The van der Waals surface area contributed by atoms with Crippen molar-refractivity contribution in [3.05, 3.63) is 65.0 Å². The van der Waals surface area contributed by atoms with Crippen molar-refractivity contribution in [1.29, 1.82) is 0 Å². The molecule has 0 aliphatic heterocycles. The fourth-order valence-corrected chi connectivity index (χ4v) is 2.49. The molecular weight excluding hydrogens is 486 g/mol. The summed E-state index contributed by atoms with van der Waals surface area (Å²) in [5.74, 6) is 0.939. The van der Waals surface area contributed by atoms with Gasteiger partial charge in [-0.05, 0) is 48.7 Å². The molecule has 158 valence electrons. The molecule has 8 heteroatoms. The van der Waals surface area contributed by atoms with Crippen LogP contribution >= 0.6 is 24.0 Å². The van der Waals surface area contributed by atoms with Crippen LogP contribution < -0.4 is 20.7 Å². The van der Waals surface area contributed by atoms with Crippen LogP contribution in [0.4, 0.5) is 4.39 Å². The van der Waals surface area contributed by atoms with Crippen molar-refractivity contribution < 1.29 is 13.9 Å². The van der Waals surface area contributed by atoms with Gasteiger partial charge in [-0.15, -0.1) is 24.0 Å². The largest absolute Gasteiger partial charge is 0.497 e. The Morgan fingerprint density at radius 3 is 2.38 bits per heavy atom. The molecular formula is C21H28FIN4O2. The van der Waals surface area contributed by atoms with Gasteiger partial charge in [0.15, 0.2) is 5.96 Å². The molecule has 0 saturated carbocycles. The third kappa shape index (κ3) is 8.68. The normalized spacial score (nSPS) is 10.7. The monoisotopic (exact) mass is 514 g/mol. The van der Waals surface area contributed by atoms with Crippen LogP contribution in [0.15, 0.2) is 47.5 Å². The Labute approximate surface area is 188 Å². The fraction of sp³-hybridized carbons (Fsp3) is 0.333. The summed E-state index contributed by atoms with van der Waals surface area (Å²) in [6, 6.07) is 12.4. The van der Waals surface area contributed by atoms with Crippen molar-refractivity contribution in [2.24, 2.45) is 4.99 Å². The molecule has 0 atom stereocenters. The van der Waals surface area contributed by atoms with Crippen LogP contribution in [-0.4, -0.2) is 32.1 Å². The van der Waals surface area contributed by atoms with Gasteiger partial charge in [-0.3, -0.25) is 4.79 Å². The van der Waals surface area contributed by atoms with Crippen molar-refractivity contribution in [3.63, 3.8) is 0 Å². The zero-order chi connectivity index (χ0) is 20.4. The average molecular weight is 514 g/mol. The Bertz CT molecular complexity index is 813. The summed E-state index contributed by atoms with van der Waals surface area (Å²) in [7, 11) is 1.61. The fourth-order valence-electron chi connectivity index (χ4n) is 2.49. The topological polar surface area (TPSA) is 74.8 Å². The smallest absolute Gasteiger partial charge is 0.239 e. The minimum atomic E-state index is -0.230. The maximum Gasteiger partial charge on any atom is 0.239 e. The van der Waals surface area contributed by atoms with Crippen LogP contribution in [0.25, 0.3) is 0 Å². The van der Waals surface area contributed by atoms with Crippen molar-refractivity contribution in [3.8, 4) is 5.75 Å². The Morgan fingerprint density at radius 2 is 1.76 bits per heavy atom. The highest BCUT2D eigenvalue weighted by atomic mass is 127. The summed E-state index contributed by atoms with van der Waals surface area (Å²) < 4.78 is 18.5. The predicted octanol–water partition coefficient (Wildman–Crippen LogP) is 3.13. The standard InChI is InChI=1S/C21H27FN4O2.HI/c1-4-23-21(25-13-17-7-10-19(22)15(2)11-17)26-14-20(27)24-12-16-5-8-18(28-3)9-6-16;/h5-11H,4,12-14H2,1-3H3,(H,24,27)(H2,23,25,26);1H. The number of hydrogen-bond donors (Lipinski definition) is 3. The van der Waals surface area contributed by atoms with Crippen molar-refractivity contribution in [1.82, 2.24) is 16.0 Å². The number of aryl methyl sites for hydroxylation is 1. The van der Waals surface area contributed by atoms with Gasteiger partial charge in [0.25, 0.3) is 0 Å². The van der Waals surface area contributed by atoms with E-state index in [4.69, 9.17) is 4.74 Å². The molecule has 6 nitrogen and oxygen atoms in total. The van der Waals surface area contributed by atoms with E-state index in [9.17, 15) is 9.18 Å². The number of nitrogens with one attached hydrogen (secondary N) is 3. The van der Waals surface area contributed by atoms with E-state index >= 15 is 0 Å². The first-order chi connectivity index (χ1) is 13.5. The van der Waals surface area contributed by atoms with Crippen LogP contribution in [0.5, 0.6) is 5.75 Å². The lowest BCUT2D eigenvalue weighted by Crippen LogP contribution is -2.43. The molecule has 2 aromatic carbocycles. The summed E-state index contributed by atoms with van der Waals surface area (Å²) in [6.07, 6.45) is 0. The van der Waals surface area contributed by atoms with Gasteiger partial charge in [0.05, 0.1) is 20.2 Å². The lowest BCUT2D eigenvalue weighted by Gasteiger charge is -2.12. The molecule has 0 aliphatic rings. The molecule has 3 N–H and O–H groups in total. The highest BCUT2D eigenvalue weighted by Gasteiger charge is 2.05. The van der Waals surface area contributed by atoms with Gasteiger partial charge in [0.1, 0.15) is 11.6 Å². The van der Waals surface area contributed by atoms with Crippen molar-refractivity contribution in [2.45, 2.75) is 26.9 Å². The number of rotatable bonds is 8. The number of ether oxygens (including phenoxy) is 1. The van der Waals surface area contributed by atoms with Gasteiger partial charge >= 0.3 is 0 Å². The SMILES string of the molecule is CCNC(=NCc1ccc(F)c(C)c1)NCC(=O)NCc1ccc(OC)cc1.I. The van der Waals surface area contributed by atoms with Gasteiger partial charge < -0.3 is 20.7 Å². The Balaban J connectivity index is 0.00000420. The van der Waals surface area contributed by atoms with E-state index in [1.165, 1.54) is 6.07 Å². The summed E-state index contributed by atoms with van der Waals surface area (Å²) in [5, 5.41) is 8.95. The molecule has 0 radical (unpaired) electrons. The van der Waals surface area contributed by atoms with Gasteiger partial charge in [-0.25, -0.2) is 9.38 Å². The van der Waals surface area contributed by atoms with Gasteiger partial charge in [-0.2, -0.15) is 0 Å². The Morgan fingerprint density at radius 1 is 1.07 bits per heavy atom. The summed E-state index contributed by atoms with van der Waals surface area (Å²) in [5.41, 5.74) is 2.48. The molecule has 0 unspecified atom stereocenters. The van der Waals surface area contributed by atoms with E-state index in [-0.39, 0.29) is 42.2 Å². The number of carbonyl (C=O) groups excluding carboxylic acids is 1. The van der Waals surface area contributed by atoms with Crippen LogP contribution in [-0.2, 0) is 17.9 Å². The lowest BCUT2D eigenvalue weighted by atomic mass is 10.1. The van der Waals surface area contributed by atoms with E-state index in [1.807, 2.05) is 31.2 Å². The number of carbonyl (C=O) groups is 1. The van der Waals surface area contributed by atoms with E-state index in [2.05, 4.69) is 20.9 Å². The highest BCUT2D eigenvalue weighted by molar-refractivity contribution is 14.0. The Hall–Kier alpha value is -2.36. The molecule has 0 fully saturated rings. The summed E-state index contributed by atoms with van der Waals surface area (Å²) in [4.78, 5) is 16.5. The summed E-state index contributed by atoms with van der Waals surface area (Å²) >= 11 is 0. The van der Waals surface area contributed by atoms with Crippen LogP contribution in [0.1, 0.15) is 23.6 Å². The number of halogens is 2. The molecule has 0 heterocycles. The summed E-state index contributed by atoms with van der Waals surface area (Å²) in [6.45, 7) is 5.27. The van der Waals surface area contributed by atoms with Crippen LogP contribution in [0.2, 0.25) is 0 Å². The quantitative estimate of drug-likeness (QED) is 0.288. The number of hydrogen-bond acceptors (Lipinski definition) is 3. The molecule has 0 bridgehead atoms. The molecule has 0 saturated heterocycles. The highest BCUT2D eigenvalue weighted by Crippen LogP contribution is 2.11. The molecule has 1 amide bonds. The van der Waals surface area contributed by atoms with Crippen LogP contribution in [0.3, 0.4) is 0 Å². The van der Waals surface area contributed by atoms with Gasteiger partial charge in [-0.1, -0.05) is 24.3 Å². The minimum absolute atomic E-state index is 0. The van der Waals surface area contributed by atoms with E-state index in [0.717, 1.165) is 16.9 Å². The zero-order valence-corrected chi connectivity index (χ0v) is 19.3. The number of guanidine groups is 1. The van der Waals surface area contributed by atoms with Crippen molar-refractivity contribution in [2.75, 3.05) is 20.2 Å². The lowest BCUT2D eigenvalue weighted by molar-refractivity contribution is -0.120. The van der Waals surface area contributed by atoms with Gasteiger partial charge in [0.2, 0.25) is 5.91 Å². The predicted molar refractivity (Wildman–Crippen MR) is 124 cm³/mol. The second-order valence-electron chi connectivity index (χ2n) is 6.26. The number of amides is 1.